The minimum absolute atomic E-state index is 0.0297. The molecule has 3 heteroatoms. The summed E-state index contributed by atoms with van der Waals surface area (Å²) in [4.78, 5) is 4.03. The van der Waals surface area contributed by atoms with Gasteiger partial charge in [0, 0.05) is 12.6 Å². The monoisotopic (exact) mass is 260 g/mol. The highest BCUT2D eigenvalue weighted by molar-refractivity contribution is 5.34. The van der Waals surface area contributed by atoms with E-state index < -0.39 is 5.60 Å². The molecular weight excluding hydrogens is 236 g/mol. The molecular formula is C16H24N2O. The Hall–Kier alpha value is -1.09. The fraction of sp³-hybridized carbons (Fsp3) is 0.688. The lowest BCUT2D eigenvalue weighted by atomic mass is 9.58. The second-order valence-corrected chi connectivity index (χ2v) is 7.35. The molecule has 0 saturated heterocycles. The van der Waals surface area contributed by atoms with Crippen molar-refractivity contribution in [1.82, 2.24) is 4.98 Å². The van der Waals surface area contributed by atoms with Crippen LogP contribution in [0.3, 0.4) is 0 Å². The molecule has 3 rings (SSSR count). The molecule has 3 atom stereocenters. The third-order valence-corrected chi connectivity index (χ3v) is 6.13. The summed E-state index contributed by atoms with van der Waals surface area (Å²) >= 11 is 0. The maximum atomic E-state index is 11.5. The first-order valence-electron chi connectivity index (χ1n) is 7.21. The fourth-order valence-corrected chi connectivity index (χ4v) is 4.69. The van der Waals surface area contributed by atoms with E-state index in [-0.39, 0.29) is 10.8 Å². The smallest absolute Gasteiger partial charge is 0.123 e. The van der Waals surface area contributed by atoms with Crippen molar-refractivity contribution in [1.29, 1.82) is 0 Å². The molecule has 0 aliphatic heterocycles. The van der Waals surface area contributed by atoms with E-state index in [9.17, 15) is 5.11 Å². The molecule has 1 aromatic heterocycles. The molecule has 2 bridgehead atoms. The van der Waals surface area contributed by atoms with Crippen LogP contribution in [0.2, 0.25) is 0 Å². The second kappa shape index (κ2) is 3.72. The average Bonchev–Trinajstić information content (AvgIpc) is 2.78. The van der Waals surface area contributed by atoms with Crippen LogP contribution in [0.25, 0.3) is 0 Å². The molecule has 3 N–H and O–H groups in total. The molecule has 2 aliphatic rings. The van der Waals surface area contributed by atoms with Gasteiger partial charge in [-0.15, -0.1) is 0 Å². The summed E-state index contributed by atoms with van der Waals surface area (Å²) < 4.78 is 0. The molecule has 19 heavy (non-hydrogen) atoms. The zero-order valence-electron chi connectivity index (χ0n) is 12.1. The van der Waals surface area contributed by atoms with Crippen molar-refractivity contribution in [2.45, 2.75) is 52.1 Å². The number of rotatable bonds is 2. The number of nitrogen functional groups attached to an aromatic ring is 1. The number of fused-ring (bicyclic) bond motifs is 2. The van der Waals surface area contributed by atoms with Crippen LogP contribution in [0.4, 0.5) is 5.82 Å². The maximum Gasteiger partial charge on any atom is 0.123 e. The fourth-order valence-electron chi connectivity index (χ4n) is 4.69. The van der Waals surface area contributed by atoms with Crippen molar-refractivity contribution in [3.63, 3.8) is 0 Å². The minimum atomic E-state index is -0.642. The standard InChI is InChI=1S/C16H24N2O/c1-14(2)12-4-6-15(3,10-12)16(14,19)9-11-5-7-18-13(17)8-11/h5,7-8,12,19H,4,6,9-10H2,1-3H3,(H2,17,18). The lowest BCUT2D eigenvalue weighted by molar-refractivity contribution is -0.141. The van der Waals surface area contributed by atoms with E-state index in [2.05, 4.69) is 25.8 Å². The van der Waals surface area contributed by atoms with Crippen LogP contribution in [-0.4, -0.2) is 15.7 Å². The quantitative estimate of drug-likeness (QED) is 0.859. The Kier molecular flexibility index (Phi) is 2.53. The summed E-state index contributed by atoms with van der Waals surface area (Å²) in [6, 6.07) is 3.86. The first-order chi connectivity index (χ1) is 8.78. The Labute approximate surface area is 115 Å². The molecule has 0 aromatic carbocycles. The van der Waals surface area contributed by atoms with Crippen molar-refractivity contribution < 1.29 is 5.11 Å². The maximum absolute atomic E-state index is 11.5. The number of nitrogens with two attached hydrogens (primary N) is 1. The first kappa shape index (κ1) is 12.9. The lowest BCUT2D eigenvalue weighted by Gasteiger charge is -2.51. The van der Waals surface area contributed by atoms with Gasteiger partial charge < -0.3 is 10.8 Å². The van der Waals surface area contributed by atoms with Crippen molar-refractivity contribution in [2.75, 3.05) is 5.73 Å². The summed E-state index contributed by atoms with van der Waals surface area (Å²) in [7, 11) is 0. The van der Waals surface area contributed by atoms with E-state index in [0.717, 1.165) is 18.4 Å². The normalized spacial score (nSPS) is 39.7. The summed E-state index contributed by atoms with van der Waals surface area (Å²) in [6.07, 6.45) is 5.95. The van der Waals surface area contributed by atoms with E-state index in [4.69, 9.17) is 5.73 Å². The van der Waals surface area contributed by atoms with Crippen molar-refractivity contribution in [3.05, 3.63) is 23.9 Å². The van der Waals surface area contributed by atoms with Gasteiger partial charge in [0.15, 0.2) is 0 Å². The zero-order chi connectivity index (χ0) is 13.9. The number of aromatic nitrogens is 1. The van der Waals surface area contributed by atoms with Gasteiger partial charge in [-0.1, -0.05) is 20.8 Å². The average molecular weight is 260 g/mol. The molecule has 104 valence electrons. The van der Waals surface area contributed by atoms with E-state index in [0.29, 0.717) is 18.2 Å². The predicted molar refractivity (Wildman–Crippen MR) is 76.5 cm³/mol. The molecule has 0 radical (unpaired) electrons. The Morgan fingerprint density at radius 2 is 2.16 bits per heavy atom. The number of hydrogen-bond donors (Lipinski definition) is 2. The van der Waals surface area contributed by atoms with Crippen LogP contribution < -0.4 is 5.73 Å². The van der Waals surface area contributed by atoms with Crippen molar-refractivity contribution >= 4 is 5.82 Å². The number of anilines is 1. The van der Waals surface area contributed by atoms with Gasteiger partial charge in [-0.05, 0) is 53.7 Å². The SMILES string of the molecule is CC12CCC(C1)C(C)(C)C2(O)Cc1ccnc(N)c1. The number of aliphatic hydroxyl groups is 1. The predicted octanol–water partition coefficient (Wildman–Crippen LogP) is 2.78. The van der Waals surface area contributed by atoms with Crippen LogP contribution in [0.15, 0.2) is 18.3 Å². The van der Waals surface area contributed by atoms with E-state index in [1.165, 1.54) is 6.42 Å². The van der Waals surface area contributed by atoms with E-state index >= 15 is 0 Å². The summed E-state index contributed by atoms with van der Waals surface area (Å²) in [5.74, 6) is 1.17. The molecule has 2 saturated carbocycles. The largest absolute Gasteiger partial charge is 0.388 e. The van der Waals surface area contributed by atoms with Gasteiger partial charge in [-0.2, -0.15) is 0 Å². The van der Waals surface area contributed by atoms with Crippen LogP contribution >= 0.6 is 0 Å². The van der Waals surface area contributed by atoms with Gasteiger partial charge >= 0.3 is 0 Å². The highest BCUT2D eigenvalue weighted by atomic mass is 16.3. The number of pyridine rings is 1. The number of nitrogens with zero attached hydrogens (tertiary/aromatic N) is 1. The molecule has 0 amide bonds. The highest BCUT2D eigenvalue weighted by Gasteiger charge is 2.67. The lowest BCUT2D eigenvalue weighted by Crippen LogP contribution is -2.55. The molecule has 1 heterocycles. The zero-order valence-corrected chi connectivity index (χ0v) is 12.1. The van der Waals surface area contributed by atoms with Crippen molar-refractivity contribution in [3.8, 4) is 0 Å². The molecule has 3 unspecified atom stereocenters. The van der Waals surface area contributed by atoms with Gasteiger partial charge in [-0.25, -0.2) is 4.98 Å². The van der Waals surface area contributed by atoms with E-state index in [1.54, 1.807) is 6.20 Å². The third-order valence-electron chi connectivity index (χ3n) is 6.13. The molecule has 2 fully saturated rings. The van der Waals surface area contributed by atoms with Crippen LogP contribution in [0, 0.1) is 16.7 Å². The summed E-state index contributed by atoms with van der Waals surface area (Å²) in [5.41, 5.74) is 6.22. The Balaban J connectivity index is 1.98. The van der Waals surface area contributed by atoms with Gasteiger partial charge in [-0.3, -0.25) is 0 Å². The Bertz CT molecular complexity index is 506. The molecule has 2 aliphatic carbocycles. The second-order valence-electron chi connectivity index (χ2n) is 7.35. The Morgan fingerprint density at radius 1 is 1.42 bits per heavy atom. The van der Waals surface area contributed by atoms with Gasteiger partial charge in [0.05, 0.1) is 5.60 Å². The van der Waals surface area contributed by atoms with Crippen LogP contribution in [-0.2, 0) is 6.42 Å². The van der Waals surface area contributed by atoms with Crippen LogP contribution in [0.5, 0.6) is 0 Å². The minimum Gasteiger partial charge on any atom is -0.388 e. The van der Waals surface area contributed by atoms with E-state index in [1.807, 2.05) is 12.1 Å². The number of hydrogen-bond acceptors (Lipinski definition) is 3. The van der Waals surface area contributed by atoms with Crippen LogP contribution in [0.1, 0.15) is 45.6 Å². The molecule has 0 spiro atoms. The first-order valence-corrected chi connectivity index (χ1v) is 7.21. The topological polar surface area (TPSA) is 59.1 Å². The third kappa shape index (κ3) is 1.57. The van der Waals surface area contributed by atoms with Gasteiger partial charge in [0.2, 0.25) is 0 Å². The molecule has 3 nitrogen and oxygen atoms in total. The van der Waals surface area contributed by atoms with Crippen molar-refractivity contribution in [2.24, 2.45) is 16.7 Å². The summed E-state index contributed by atoms with van der Waals surface area (Å²) in [5, 5.41) is 11.5. The van der Waals surface area contributed by atoms with Gasteiger partial charge in [0.25, 0.3) is 0 Å². The van der Waals surface area contributed by atoms with Gasteiger partial charge in [0.1, 0.15) is 5.82 Å². The Morgan fingerprint density at radius 3 is 2.74 bits per heavy atom. The highest BCUT2D eigenvalue weighted by Crippen LogP contribution is 2.68. The summed E-state index contributed by atoms with van der Waals surface area (Å²) in [6.45, 7) is 6.71. The molecule has 1 aromatic rings.